The van der Waals surface area contributed by atoms with Crippen LogP contribution in [0.5, 0.6) is 5.75 Å². The predicted molar refractivity (Wildman–Crippen MR) is 145 cm³/mol. The van der Waals surface area contributed by atoms with Crippen molar-refractivity contribution in [1.29, 1.82) is 0 Å². The minimum Gasteiger partial charge on any atom is -0.489 e. The topological polar surface area (TPSA) is 94.2 Å². The van der Waals surface area contributed by atoms with Gasteiger partial charge in [0, 0.05) is 23.7 Å². The zero-order chi connectivity index (χ0) is 27.7. The van der Waals surface area contributed by atoms with Gasteiger partial charge in [-0.25, -0.2) is 4.79 Å². The van der Waals surface area contributed by atoms with Crippen molar-refractivity contribution in [2.75, 3.05) is 13.7 Å². The lowest BCUT2D eigenvalue weighted by Gasteiger charge is -2.30. The molecule has 8 nitrogen and oxygen atoms in total. The molecule has 1 N–H and O–H groups in total. The van der Waals surface area contributed by atoms with Crippen LogP contribution in [-0.4, -0.2) is 48.2 Å². The normalized spacial score (nSPS) is 15.9. The number of rotatable bonds is 8. The van der Waals surface area contributed by atoms with Crippen LogP contribution >= 0.6 is 11.6 Å². The molecule has 0 aliphatic carbocycles. The molecule has 2 aromatic carbocycles. The lowest BCUT2D eigenvalue weighted by atomic mass is 10.0. The molecule has 0 bridgehead atoms. The molecule has 1 aliphatic rings. The van der Waals surface area contributed by atoms with Gasteiger partial charge in [-0.2, -0.15) is 0 Å². The van der Waals surface area contributed by atoms with E-state index in [0.717, 1.165) is 16.7 Å². The van der Waals surface area contributed by atoms with Crippen molar-refractivity contribution in [3.05, 3.63) is 76.3 Å². The average Bonchev–Trinajstić information content (AvgIpc) is 2.85. The van der Waals surface area contributed by atoms with Crippen LogP contribution in [0.2, 0.25) is 5.02 Å². The molecular weight excluding hydrogens is 508 g/mol. The molecule has 1 aliphatic heterocycles. The van der Waals surface area contributed by atoms with Crippen molar-refractivity contribution < 1.29 is 28.6 Å². The molecule has 0 saturated heterocycles. The van der Waals surface area contributed by atoms with Gasteiger partial charge in [0.2, 0.25) is 5.91 Å². The summed E-state index contributed by atoms with van der Waals surface area (Å²) >= 11 is 5.99. The highest BCUT2D eigenvalue weighted by Gasteiger charge is 2.28. The van der Waals surface area contributed by atoms with Crippen molar-refractivity contribution in [3.63, 3.8) is 0 Å². The number of methoxy groups -OCH3 is 1. The number of carbonyl (C=O) groups excluding carboxylic acids is 3. The molecule has 0 unspecified atom stereocenters. The van der Waals surface area contributed by atoms with Crippen molar-refractivity contribution in [1.82, 2.24) is 10.2 Å². The van der Waals surface area contributed by atoms with E-state index in [0.29, 0.717) is 36.8 Å². The second kappa shape index (κ2) is 13.3. The Kier molecular flexibility index (Phi) is 10.2. The van der Waals surface area contributed by atoms with Crippen LogP contribution in [0.4, 0.5) is 4.79 Å². The van der Waals surface area contributed by atoms with Crippen molar-refractivity contribution >= 4 is 29.6 Å². The minimum atomic E-state index is -0.766. The van der Waals surface area contributed by atoms with Gasteiger partial charge in [-0.05, 0) is 69.0 Å². The van der Waals surface area contributed by atoms with Gasteiger partial charge < -0.3 is 24.4 Å². The van der Waals surface area contributed by atoms with Crippen LogP contribution in [0, 0.1) is 0 Å². The molecule has 9 heteroatoms. The molecule has 38 heavy (non-hydrogen) atoms. The van der Waals surface area contributed by atoms with E-state index in [-0.39, 0.29) is 24.8 Å². The van der Waals surface area contributed by atoms with Gasteiger partial charge in [0.05, 0.1) is 13.5 Å². The van der Waals surface area contributed by atoms with Crippen LogP contribution in [0.3, 0.4) is 0 Å². The van der Waals surface area contributed by atoms with Crippen LogP contribution in [-0.2, 0) is 38.6 Å². The predicted octanol–water partition coefficient (Wildman–Crippen LogP) is 5.21. The fraction of sp³-hybridized carbons (Fsp3) is 0.414. The number of carbonyl (C=O) groups is 3. The molecule has 0 aromatic heterocycles. The first kappa shape index (κ1) is 29.0. The number of hydrogen-bond donors (Lipinski definition) is 1. The van der Waals surface area contributed by atoms with Crippen molar-refractivity contribution in [2.45, 2.75) is 64.8 Å². The summed E-state index contributed by atoms with van der Waals surface area (Å²) in [5.41, 5.74) is 1.75. The third kappa shape index (κ3) is 9.10. The summed E-state index contributed by atoms with van der Waals surface area (Å²) < 4.78 is 16.3. The van der Waals surface area contributed by atoms with Gasteiger partial charge in [0.25, 0.3) is 0 Å². The number of nitrogens with zero attached hydrogens (tertiary/aromatic N) is 1. The quantitative estimate of drug-likeness (QED) is 0.364. The van der Waals surface area contributed by atoms with Crippen LogP contribution in [0.1, 0.15) is 50.3 Å². The number of halogens is 1. The van der Waals surface area contributed by atoms with Gasteiger partial charge in [-0.3, -0.25) is 9.59 Å². The van der Waals surface area contributed by atoms with Gasteiger partial charge in [-0.1, -0.05) is 42.0 Å². The summed E-state index contributed by atoms with van der Waals surface area (Å²) in [6.45, 7) is 6.31. The molecule has 0 fully saturated rings. The van der Waals surface area contributed by atoms with Gasteiger partial charge in [0.1, 0.15) is 24.0 Å². The van der Waals surface area contributed by atoms with Gasteiger partial charge >= 0.3 is 12.1 Å². The smallest absolute Gasteiger partial charge is 0.408 e. The first-order valence-electron chi connectivity index (χ1n) is 12.5. The van der Waals surface area contributed by atoms with E-state index < -0.39 is 17.7 Å². The zero-order valence-electron chi connectivity index (χ0n) is 22.3. The Balaban J connectivity index is 1.83. The van der Waals surface area contributed by atoms with E-state index in [2.05, 4.69) is 5.32 Å². The number of benzene rings is 2. The Morgan fingerprint density at radius 3 is 2.47 bits per heavy atom. The Bertz CT molecular complexity index is 1160. The van der Waals surface area contributed by atoms with Crippen molar-refractivity contribution in [2.24, 2.45) is 0 Å². The first-order valence-corrected chi connectivity index (χ1v) is 12.9. The van der Waals surface area contributed by atoms with Crippen LogP contribution < -0.4 is 10.1 Å². The number of esters is 1. The number of ether oxygens (including phenoxy) is 3. The maximum Gasteiger partial charge on any atom is 0.408 e. The lowest BCUT2D eigenvalue weighted by Crippen LogP contribution is -2.50. The summed E-state index contributed by atoms with van der Waals surface area (Å²) in [6.07, 6.45) is 4.38. The number of amides is 2. The molecule has 1 atom stereocenters. The van der Waals surface area contributed by atoms with E-state index in [9.17, 15) is 14.4 Å². The largest absolute Gasteiger partial charge is 0.489 e. The van der Waals surface area contributed by atoms with E-state index >= 15 is 0 Å². The highest BCUT2D eigenvalue weighted by molar-refractivity contribution is 6.30. The summed E-state index contributed by atoms with van der Waals surface area (Å²) in [4.78, 5) is 39.5. The fourth-order valence-electron chi connectivity index (χ4n) is 3.93. The maximum atomic E-state index is 13.5. The molecule has 2 aromatic rings. The summed E-state index contributed by atoms with van der Waals surface area (Å²) in [7, 11) is 1.34. The summed E-state index contributed by atoms with van der Waals surface area (Å²) in [5, 5.41) is 3.35. The minimum absolute atomic E-state index is 0.0977. The Hall–Kier alpha value is -3.52. The Labute approximate surface area is 228 Å². The second-order valence-electron chi connectivity index (χ2n) is 10.1. The first-order chi connectivity index (χ1) is 18.0. The molecular formula is C29H35ClN2O6. The molecule has 0 radical (unpaired) electrons. The lowest BCUT2D eigenvalue weighted by molar-refractivity contribution is -0.139. The van der Waals surface area contributed by atoms with E-state index in [1.807, 2.05) is 36.4 Å². The number of hydrogen-bond acceptors (Lipinski definition) is 6. The summed E-state index contributed by atoms with van der Waals surface area (Å²) in [5.74, 6) is 0.0118. The van der Waals surface area contributed by atoms with Crippen LogP contribution in [0.25, 0.3) is 0 Å². The van der Waals surface area contributed by atoms with Gasteiger partial charge in [-0.15, -0.1) is 0 Å². The molecule has 3 rings (SSSR count). The second-order valence-corrected chi connectivity index (χ2v) is 10.5. The third-order valence-corrected chi connectivity index (χ3v) is 6.03. The molecule has 0 saturated carbocycles. The zero-order valence-corrected chi connectivity index (χ0v) is 23.0. The maximum absolute atomic E-state index is 13.5. The Morgan fingerprint density at radius 2 is 1.79 bits per heavy atom. The van der Waals surface area contributed by atoms with E-state index in [4.69, 9.17) is 25.8 Å². The van der Waals surface area contributed by atoms with E-state index in [1.165, 1.54) is 7.11 Å². The highest BCUT2D eigenvalue weighted by Crippen LogP contribution is 2.25. The molecule has 0 spiro atoms. The SMILES string of the molecule is COC(=O)Cc1ccc(OCc2ccc(Cl)cc2)c(CN2CCC=CC[C@H](NC(=O)OC(C)(C)C)C2=O)c1. The molecule has 1 heterocycles. The third-order valence-electron chi connectivity index (χ3n) is 5.77. The molecule has 2 amide bonds. The standard InChI is InChI=1S/C29H35ClN2O6/c1-29(2,3)38-28(35)31-24-8-6-5-7-15-32(27(24)34)18-22-16-21(17-26(33)36-4)11-14-25(22)37-19-20-9-12-23(30)13-10-20/h5-6,9-14,16,24H,7-8,15,17-19H2,1-4H3,(H,31,35)/t24-/m0/s1. The average molecular weight is 543 g/mol. The fourth-order valence-corrected chi connectivity index (χ4v) is 4.06. The van der Waals surface area contributed by atoms with Crippen molar-refractivity contribution in [3.8, 4) is 5.75 Å². The monoisotopic (exact) mass is 542 g/mol. The van der Waals surface area contributed by atoms with E-state index in [1.54, 1.807) is 43.9 Å². The summed E-state index contributed by atoms with van der Waals surface area (Å²) in [6, 6.07) is 12.1. The van der Waals surface area contributed by atoms with Gasteiger partial charge in [0.15, 0.2) is 0 Å². The molecule has 204 valence electrons. The van der Waals surface area contributed by atoms with Crippen LogP contribution in [0.15, 0.2) is 54.6 Å². The number of alkyl carbamates (subject to hydrolysis) is 1. The highest BCUT2D eigenvalue weighted by atomic mass is 35.5. The number of nitrogens with one attached hydrogen (secondary N) is 1. The Morgan fingerprint density at radius 1 is 1.08 bits per heavy atom.